The van der Waals surface area contributed by atoms with Gasteiger partial charge in [-0.15, -0.1) is 0 Å². The molecule has 1 aromatic rings. The molecule has 7 heteroatoms. The van der Waals surface area contributed by atoms with Crippen LogP contribution >= 0.6 is 0 Å². The van der Waals surface area contributed by atoms with Crippen molar-refractivity contribution in [2.75, 3.05) is 13.2 Å². The molecule has 1 amide bonds. The lowest BCUT2D eigenvalue weighted by Gasteiger charge is -2.14. The molecule has 0 aromatic heterocycles. The van der Waals surface area contributed by atoms with Crippen LogP contribution in [0.1, 0.15) is 18.9 Å². The molecule has 0 bridgehead atoms. The molecule has 0 spiro atoms. The predicted molar refractivity (Wildman–Crippen MR) is 74.6 cm³/mol. The van der Waals surface area contributed by atoms with Crippen molar-refractivity contribution < 1.29 is 14.5 Å². The van der Waals surface area contributed by atoms with Gasteiger partial charge in [0, 0.05) is 18.1 Å². The van der Waals surface area contributed by atoms with Crippen LogP contribution in [0.3, 0.4) is 0 Å². The van der Waals surface area contributed by atoms with Crippen LogP contribution in [0, 0.1) is 17.0 Å². The van der Waals surface area contributed by atoms with Crippen LogP contribution in [0.2, 0.25) is 0 Å². The molecular weight excluding hydrogens is 262 g/mol. The Hall–Kier alpha value is -2.15. The van der Waals surface area contributed by atoms with Gasteiger partial charge in [-0.25, -0.2) is 0 Å². The Kier molecular flexibility index (Phi) is 5.92. The molecule has 0 heterocycles. The summed E-state index contributed by atoms with van der Waals surface area (Å²) in [7, 11) is 0. The van der Waals surface area contributed by atoms with Gasteiger partial charge in [-0.2, -0.15) is 0 Å². The monoisotopic (exact) mass is 281 g/mol. The van der Waals surface area contributed by atoms with E-state index in [9.17, 15) is 14.9 Å². The fourth-order valence-electron chi connectivity index (χ4n) is 1.81. The molecule has 1 atom stereocenters. The highest BCUT2D eigenvalue weighted by Crippen LogP contribution is 2.23. The first-order valence-electron chi connectivity index (χ1n) is 6.36. The Morgan fingerprint density at radius 2 is 2.25 bits per heavy atom. The number of rotatable bonds is 8. The number of hydrogen-bond donors (Lipinski definition) is 2. The topological polar surface area (TPSA) is 107 Å². The third-order valence-corrected chi connectivity index (χ3v) is 2.83. The Balaban J connectivity index is 2.55. The van der Waals surface area contributed by atoms with E-state index in [2.05, 4.69) is 5.32 Å². The molecule has 7 nitrogen and oxygen atoms in total. The minimum Gasteiger partial charge on any atom is -0.494 e. The summed E-state index contributed by atoms with van der Waals surface area (Å²) in [5.41, 5.74) is 5.84. The normalized spacial score (nSPS) is 11.9. The van der Waals surface area contributed by atoms with Gasteiger partial charge in [0.1, 0.15) is 5.75 Å². The molecule has 110 valence electrons. The summed E-state index contributed by atoms with van der Waals surface area (Å²) in [5, 5.41) is 13.6. The van der Waals surface area contributed by atoms with E-state index in [-0.39, 0.29) is 5.69 Å². The number of aryl methyl sites for hydroxylation is 1. The van der Waals surface area contributed by atoms with E-state index in [0.29, 0.717) is 30.9 Å². The van der Waals surface area contributed by atoms with E-state index in [1.54, 1.807) is 13.0 Å². The summed E-state index contributed by atoms with van der Waals surface area (Å²) in [6, 6.07) is 4.11. The molecule has 0 aliphatic carbocycles. The fraction of sp³-hybridized carbons (Fsp3) is 0.462. The number of carbonyl (C=O) groups is 1. The lowest BCUT2D eigenvalue weighted by molar-refractivity contribution is -0.385. The van der Waals surface area contributed by atoms with Gasteiger partial charge in [0.2, 0.25) is 5.91 Å². The number of nitro groups is 1. The van der Waals surface area contributed by atoms with Gasteiger partial charge in [0.05, 0.1) is 17.6 Å². The first-order chi connectivity index (χ1) is 9.45. The molecule has 0 radical (unpaired) electrons. The zero-order valence-electron chi connectivity index (χ0n) is 11.6. The third kappa shape index (κ3) is 4.51. The number of nitrogens with zero attached hydrogens (tertiary/aromatic N) is 1. The number of likely N-dealkylation sites (N-methyl/N-ethyl adjacent to an activating group) is 1. The molecule has 0 fully saturated rings. The molecule has 0 saturated heterocycles. The van der Waals surface area contributed by atoms with Gasteiger partial charge in [0.25, 0.3) is 5.69 Å². The van der Waals surface area contributed by atoms with Crippen LogP contribution in [0.4, 0.5) is 5.69 Å². The lowest BCUT2D eigenvalue weighted by atomic mass is 10.2. The Labute approximate surface area is 117 Å². The molecule has 0 aliphatic rings. The van der Waals surface area contributed by atoms with Gasteiger partial charge in [-0.3, -0.25) is 14.9 Å². The minimum atomic E-state index is -0.437. The standard InChI is InChI=1S/C13H19N3O4/c1-3-15-11(13(14)17)6-7-20-10-4-5-12(16(18)19)9(2)8-10/h4-5,8,11,15H,3,6-7H2,1-2H3,(H2,14,17). The van der Waals surface area contributed by atoms with Crippen molar-refractivity contribution in [3.05, 3.63) is 33.9 Å². The van der Waals surface area contributed by atoms with Crippen LogP contribution in [-0.4, -0.2) is 30.0 Å². The summed E-state index contributed by atoms with van der Waals surface area (Å²) >= 11 is 0. The molecule has 1 rings (SSSR count). The number of nitro benzene ring substituents is 1. The zero-order chi connectivity index (χ0) is 15.1. The van der Waals surface area contributed by atoms with Gasteiger partial charge >= 0.3 is 0 Å². The number of carbonyl (C=O) groups excluding carboxylic acids is 1. The molecule has 20 heavy (non-hydrogen) atoms. The van der Waals surface area contributed by atoms with Crippen molar-refractivity contribution in [2.45, 2.75) is 26.3 Å². The second-order valence-electron chi connectivity index (χ2n) is 4.36. The summed E-state index contributed by atoms with van der Waals surface area (Å²) in [4.78, 5) is 21.4. The molecule has 0 aliphatic heterocycles. The smallest absolute Gasteiger partial charge is 0.272 e. The van der Waals surface area contributed by atoms with Gasteiger partial charge < -0.3 is 15.8 Å². The molecule has 0 saturated carbocycles. The number of ether oxygens (including phenoxy) is 1. The van der Waals surface area contributed by atoms with Crippen molar-refractivity contribution in [1.82, 2.24) is 5.32 Å². The number of amides is 1. The van der Waals surface area contributed by atoms with Gasteiger partial charge in [-0.1, -0.05) is 6.92 Å². The average Bonchev–Trinajstić information content (AvgIpc) is 2.37. The van der Waals surface area contributed by atoms with Crippen molar-refractivity contribution in [3.8, 4) is 5.75 Å². The second-order valence-corrected chi connectivity index (χ2v) is 4.36. The number of nitrogens with two attached hydrogens (primary N) is 1. The first kappa shape index (κ1) is 15.9. The van der Waals surface area contributed by atoms with E-state index in [1.807, 2.05) is 6.92 Å². The predicted octanol–water partition coefficient (Wildman–Crippen LogP) is 1.14. The van der Waals surface area contributed by atoms with E-state index in [1.165, 1.54) is 12.1 Å². The van der Waals surface area contributed by atoms with Crippen LogP contribution < -0.4 is 15.8 Å². The largest absolute Gasteiger partial charge is 0.494 e. The minimum absolute atomic E-state index is 0.0556. The molecular formula is C13H19N3O4. The second kappa shape index (κ2) is 7.44. The maximum absolute atomic E-state index is 11.1. The third-order valence-electron chi connectivity index (χ3n) is 2.83. The summed E-state index contributed by atoms with van der Waals surface area (Å²) in [6.45, 7) is 4.48. The highest BCUT2D eigenvalue weighted by molar-refractivity contribution is 5.79. The van der Waals surface area contributed by atoms with Crippen LogP contribution in [0.15, 0.2) is 18.2 Å². The number of primary amides is 1. The molecule has 3 N–H and O–H groups in total. The van der Waals surface area contributed by atoms with E-state index in [0.717, 1.165) is 0 Å². The van der Waals surface area contributed by atoms with Crippen LogP contribution in [0.25, 0.3) is 0 Å². The van der Waals surface area contributed by atoms with Crippen molar-refractivity contribution in [1.29, 1.82) is 0 Å². The summed E-state index contributed by atoms with van der Waals surface area (Å²) in [5.74, 6) is 0.114. The van der Waals surface area contributed by atoms with Gasteiger partial charge in [0.15, 0.2) is 0 Å². The average molecular weight is 281 g/mol. The van der Waals surface area contributed by atoms with E-state index in [4.69, 9.17) is 10.5 Å². The maximum Gasteiger partial charge on any atom is 0.272 e. The van der Waals surface area contributed by atoms with Crippen molar-refractivity contribution in [3.63, 3.8) is 0 Å². The molecule has 1 unspecified atom stereocenters. The quantitative estimate of drug-likeness (QED) is 0.548. The Morgan fingerprint density at radius 3 is 2.75 bits per heavy atom. The Morgan fingerprint density at radius 1 is 1.55 bits per heavy atom. The number of nitrogens with one attached hydrogen (secondary N) is 1. The first-order valence-corrected chi connectivity index (χ1v) is 6.36. The number of hydrogen-bond acceptors (Lipinski definition) is 5. The summed E-state index contributed by atoms with van der Waals surface area (Å²) < 4.78 is 5.48. The molecule has 1 aromatic carbocycles. The summed E-state index contributed by atoms with van der Waals surface area (Å²) in [6.07, 6.45) is 0.444. The van der Waals surface area contributed by atoms with Crippen LogP contribution in [0.5, 0.6) is 5.75 Å². The number of benzene rings is 1. The SMILES string of the molecule is CCNC(CCOc1ccc([N+](=O)[O-])c(C)c1)C(N)=O. The van der Waals surface area contributed by atoms with Crippen molar-refractivity contribution >= 4 is 11.6 Å². The highest BCUT2D eigenvalue weighted by Gasteiger charge is 2.14. The van der Waals surface area contributed by atoms with Crippen molar-refractivity contribution in [2.24, 2.45) is 5.73 Å². The lowest BCUT2D eigenvalue weighted by Crippen LogP contribution is -2.42. The van der Waals surface area contributed by atoms with E-state index >= 15 is 0 Å². The maximum atomic E-state index is 11.1. The Bertz CT molecular complexity index is 491. The highest BCUT2D eigenvalue weighted by atomic mass is 16.6. The zero-order valence-corrected chi connectivity index (χ0v) is 11.6. The van der Waals surface area contributed by atoms with E-state index < -0.39 is 16.9 Å². The fourth-order valence-corrected chi connectivity index (χ4v) is 1.81. The van der Waals surface area contributed by atoms with Crippen LogP contribution in [-0.2, 0) is 4.79 Å². The van der Waals surface area contributed by atoms with Gasteiger partial charge in [-0.05, 0) is 25.6 Å².